The van der Waals surface area contributed by atoms with E-state index in [0.717, 1.165) is 32.9 Å². The number of aromatic nitrogens is 1. The summed E-state index contributed by atoms with van der Waals surface area (Å²) in [7, 11) is -3.48. The molecule has 9 heteroatoms. The minimum absolute atomic E-state index is 0.239. The van der Waals surface area contributed by atoms with E-state index in [9.17, 15) is 8.42 Å². The van der Waals surface area contributed by atoms with Gasteiger partial charge in [0.1, 0.15) is 4.90 Å². The van der Waals surface area contributed by atoms with E-state index in [-0.39, 0.29) is 4.90 Å². The van der Waals surface area contributed by atoms with Crippen molar-refractivity contribution in [2.45, 2.75) is 21.2 Å². The molecule has 0 unspecified atom stereocenters. The van der Waals surface area contributed by atoms with Gasteiger partial charge < -0.3 is 4.74 Å². The summed E-state index contributed by atoms with van der Waals surface area (Å²) in [5.74, 6) is 1.89. The molecular weight excluding hydrogens is 424 g/mol. The summed E-state index contributed by atoms with van der Waals surface area (Å²) in [4.78, 5) is 5.64. The maximum Gasteiger partial charge on any atom is 0.244 e. The van der Waals surface area contributed by atoms with Gasteiger partial charge in [-0.3, -0.25) is 0 Å². The SMILES string of the molecule is O=S(=O)(c1ccc(SCCCSc2ccccc2Cl)nc1)N1CCOCC1. The minimum atomic E-state index is -3.48. The lowest BCUT2D eigenvalue weighted by atomic mass is 10.4. The Morgan fingerprint density at radius 2 is 1.81 bits per heavy atom. The zero-order chi connectivity index (χ0) is 19.1. The van der Waals surface area contributed by atoms with E-state index in [1.54, 1.807) is 35.7 Å². The second kappa shape index (κ2) is 10.1. The molecule has 2 heterocycles. The molecule has 1 aromatic heterocycles. The van der Waals surface area contributed by atoms with Crippen molar-refractivity contribution < 1.29 is 13.2 Å². The highest BCUT2D eigenvalue weighted by atomic mass is 35.5. The van der Waals surface area contributed by atoms with Crippen molar-refractivity contribution in [3.8, 4) is 0 Å². The molecule has 5 nitrogen and oxygen atoms in total. The van der Waals surface area contributed by atoms with Gasteiger partial charge in [-0.25, -0.2) is 13.4 Å². The summed E-state index contributed by atoms with van der Waals surface area (Å²) in [5, 5.41) is 1.62. The van der Waals surface area contributed by atoms with Crippen molar-refractivity contribution in [3.63, 3.8) is 0 Å². The molecule has 1 aliphatic rings. The van der Waals surface area contributed by atoms with Crippen LogP contribution >= 0.6 is 35.1 Å². The van der Waals surface area contributed by atoms with Gasteiger partial charge in [0.2, 0.25) is 10.0 Å². The highest BCUT2D eigenvalue weighted by Crippen LogP contribution is 2.28. The number of benzene rings is 1. The maximum absolute atomic E-state index is 12.6. The lowest BCUT2D eigenvalue weighted by Gasteiger charge is -2.25. The quantitative estimate of drug-likeness (QED) is 0.452. The van der Waals surface area contributed by atoms with E-state index in [0.29, 0.717) is 26.3 Å². The Morgan fingerprint density at radius 3 is 2.52 bits per heavy atom. The number of nitrogens with zero attached hydrogens (tertiary/aromatic N) is 2. The molecule has 0 saturated carbocycles. The fraction of sp³-hybridized carbons (Fsp3) is 0.389. The zero-order valence-corrected chi connectivity index (χ0v) is 17.9. The van der Waals surface area contributed by atoms with Crippen molar-refractivity contribution in [1.82, 2.24) is 9.29 Å². The Morgan fingerprint density at radius 1 is 1.07 bits per heavy atom. The van der Waals surface area contributed by atoms with Crippen LogP contribution in [0.4, 0.5) is 0 Å². The van der Waals surface area contributed by atoms with Crippen molar-refractivity contribution >= 4 is 45.1 Å². The summed E-state index contributed by atoms with van der Waals surface area (Å²) in [6.45, 7) is 1.66. The number of thioether (sulfide) groups is 2. The molecule has 0 bridgehead atoms. The molecule has 0 atom stereocenters. The van der Waals surface area contributed by atoms with Gasteiger partial charge in [0.15, 0.2) is 0 Å². The summed E-state index contributed by atoms with van der Waals surface area (Å²) < 4.78 is 31.8. The monoisotopic (exact) mass is 444 g/mol. The minimum Gasteiger partial charge on any atom is -0.379 e. The van der Waals surface area contributed by atoms with Crippen LogP contribution in [-0.2, 0) is 14.8 Å². The van der Waals surface area contributed by atoms with Crippen LogP contribution in [0.1, 0.15) is 6.42 Å². The fourth-order valence-corrected chi connectivity index (χ4v) is 6.03. The largest absolute Gasteiger partial charge is 0.379 e. The molecule has 27 heavy (non-hydrogen) atoms. The van der Waals surface area contributed by atoms with Crippen molar-refractivity contribution in [2.75, 3.05) is 37.8 Å². The standard InChI is InChI=1S/C18H21ClN2O3S3/c19-16-4-1-2-5-17(16)25-12-3-13-26-18-7-6-15(14-20-18)27(22,23)21-8-10-24-11-9-21/h1-2,4-7,14H,3,8-13H2. The highest BCUT2D eigenvalue weighted by Gasteiger charge is 2.26. The molecule has 2 aromatic rings. The maximum atomic E-state index is 12.6. The molecular formula is C18H21ClN2O3S3. The summed E-state index contributed by atoms with van der Waals surface area (Å²) >= 11 is 9.52. The third kappa shape index (κ3) is 5.85. The summed E-state index contributed by atoms with van der Waals surface area (Å²) in [6, 6.07) is 11.2. The molecule has 0 N–H and O–H groups in total. The predicted molar refractivity (Wildman–Crippen MR) is 111 cm³/mol. The summed E-state index contributed by atoms with van der Waals surface area (Å²) in [6.07, 6.45) is 2.46. The Labute approximate surface area is 173 Å². The first-order valence-corrected chi connectivity index (χ1v) is 12.4. The third-order valence-electron chi connectivity index (χ3n) is 3.95. The Balaban J connectivity index is 1.46. The number of ether oxygens (including phenoxy) is 1. The van der Waals surface area contributed by atoms with Crippen LogP contribution in [0.3, 0.4) is 0 Å². The third-order valence-corrected chi connectivity index (χ3v) is 8.46. The molecule has 0 spiro atoms. The number of hydrogen-bond donors (Lipinski definition) is 0. The average Bonchev–Trinajstić information content (AvgIpc) is 2.70. The molecule has 1 aromatic carbocycles. The van der Waals surface area contributed by atoms with Gasteiger partial charge >= 0.3 is 0 Å². The predicted octanol–water partition coefficient (Wildman–Crippen LogP) is 4.03. The Hall–Kier alpha value is -0.770. The van der Waals surface area contributed by atoms with E-state index in [2.05, 4.69) is 4.98 Å². The molecule has 0 amide bonds. The van der Waals surface area contributed by atoms with Gasteiger partial charge in [-0.15, -0.1) is 23.5 Å². The first-order chi connectivity index (χ1) is 13.1. The number of morpholine rings is 1. The molecule has 1 aliphatic heterocycles. The van der Waals surface area contributed by atoms with Gasteiger partial charge in [-0.05, 0) is 36.4 Å². The van der Waals surface area contributed by atoms with Gasteiger partial charge in [0, 0.05) is 29.9 Å². The molecule has 0 aliphatic carbocycles. The fourth-order valence-electron chi connectivity index (χ4n) is 2.52. The van der Waals surface area contributed by atoms with E-state index in [1.807, 2.05) is 24.3 Å². The molecule has 3 rings (SSSR count). The van der Waals surface area contributed by atoms with Crippen LogP contribution in [0.25, 0.3) is 0 Å². The van der Waals surface area contributed by atoms with Crippen LogP contribution in [0.5, 0.6) is 0 Å². The number of halogens is 1. The van der Waals surface area contributed by atoms with E-state index >= 15 is 0 Å². The first-order valence-electron chi connectivity index (χ1n) is 8.61. The number of sulfonamides is 1. The zero-order valence-electron chi connectivity index (χ0n) is 14.7. The highest BCUT2D eigenvalue weighted by molar-refractivity contribution is 8.00. The van der Waals surface area contributed by atoms with Crippen molar-refractivity contribution in [2.24, 2.45) is 0 Å². The van der Waals surface area contributed by atoms with E-state index in [1.165, 1.54) is 10.5 Å². The van der Waals surface area contributed by atoms with Crippen LogP contribution in [0, 0.1) is 0 Å². The first kappa shape index (κ1) is 21.0. The van der Waals surface area contributed by atoms with E-state index < -0.39 is 10.0 Å². The Bertz CT molecular complexity index is 841. The molecule has 1 saturated heterocycles. The lowest BCUT2D eigenvalue weighted by Crippen LogP contribution is -2.40. The van der Waals surface area contributed by atoms with Gasteiger partial charge in [-0.2, -0.15) is 4.31 Å². The molecule has 0 radical (unpaired) electrons. The number of rotatable bonds is 8. The molecule has 1 fully saturated rings. The van der Waals surface area contributed by atoms with Gasteiger partial charge in [0.05, 0.1) is 23.3 Å². The van der Waals surface area contributed by atoms with Crippen LogP contribution in [-0.4, -0.2) is 55.5 Å². The van der Waals surface area contributed by atoms with Gasteiger partial charge in [-0.1, -0.05) is 23.7 Å². The lowest BCUT2D eigenvalue weighted by molar-refractivity contribution is 0.0730. The molecule has 146 valence electrons. The van der Waals surface area contributed by atoms with Crippen LogP contribution in [0.15, 0.2) is 57.4 Å². The normalized spacial score (nSPS) is 15.7. The van der Waals surface area contributed by atoms with Crippen LogP contribution in [0.2, 0.25) is 5.02 Å². The van der Waals surface area contributed by atoms with Crippen molar-refractivity contribution in [3.05, 3.63) is 47.6 Å². The second-order valence-electron chi connectivity index (χ2n) is 5.83. The summed E-state index contributed by atoms with van der Waals surface area (Å²) in [5.41, 5.74) is 0. The Kier molecular flexibility index (Phi) is 7.86. The number of hydrogen-bond acceptors (Lipinski definition) is 6. The average molecular weight is 445 g/mol. The number of pyridine rings is 1. The van der Waals surface area contributed by atoms with Crippen molar-refractivity contribution in [1.29, 1.82) is 0 Å². The van der Waals surface area contributed by atoms with E-state index in [4.69, 9.17) is 16.3 Å². The van der Waals surface area contributed by atoms with Crippen LogP contribution < -0.4 is 0 Å². The second-order valence-corrected chi connectivity index (χ2v) is 10.4. The van der Waals surface area contributed by atoms with Gasteiger partial charge in [0.25, 0.3) is 0 Å². The smallest absolute Gasteiger partial charge is 0.244 e. The topological polar surface area (TPSA) is 59.5 Å².